The van der Waals surface area contributed by atoms with Gasteiger partial charge in [-0.2, -0.15) is 0 Å². The van der Waals surface area contributed by atoms with Crippen molar-refractivity contribution in [3.63, 3.8) is 0 Å². The van der Waals surface area contributed by atoms with Gasteiger partial charge in [-0.25, -0.2) is 0 Å². The quantitative estimate of drug-likeness (QED) is 0.542. The third kappa shape index (κ3) is 2.49. The van der Waals surface area contributed by atoms with E-state index in [2.05, 4.69) is 6.58 Å². The van der Waals surface area contributed by atoms with Gasteiger partial charge in [-0.05, 0) is 0 Å². The monoisotopic (exact) mass is 168 g/mol. The third-order valence-electron chi connectivity index (χ3n) is 0.368. The van der Waals surface area contributed by atoms with Gasteiger partial charge in [0, 0.05) is 0 Å². The normalized spacial score (nSPS) is 7.50. The molecule has 0 unspecified atom stereocenters. The Kier molecular flexibility index (Phi) is 3.60. The van der Waals surface area contributed by atoms with Gasteiger partial charge in [0.25, 0.3) is 0 Å². The van der Waals surface area contributed by atoms with Crippen LogP contribution in [0.2, 0.25) is 0 Å². The Bertz CT molecular complexity index is 67.9. The second-order valence-corrected chi connectivity index (χ2v) is 1.72. The Morgan fingerprint density at radius 3 is 2.50 bits per heavy atom. The van der Waals surface area contributed by atoms with Crippen LogP contribution in [0, 0.1) is 0 Å². The topological polar surface area (TPSA) is 9.23 Å². The van der Waals surface area contributed by atoms with Crippen LogP contribution < -0.4 is 0 Å². The van der Waals surface area contributed by atoms with Crippen LogP contribution in [0.5, 0.6) is 0 Å². The summed E-state index contributed by atoms with van der Waals surface area (Å²) in [6.45, 7) is 3.47. The molecular formula is C4H6MoO. The molecule has 0 aromatic rings. The number of methoxy groups -OCH3 is 1. The SMILES string of the molecule is C=C[C](=[Mo])OC. The molecule has 0 atom stereocenters. The third-order valence-corrected chi connectivity index (χ3v) is 1.19. The fraction of sp³-hybridized carbons (Fsp3) is 0.250. The zero-order valence-electron chi connectivity index (χ0n) is 3.60. The average Bonchev–Trinajstić information content (AvgIpc) is 1.65. The molecule has 0 radical (unpaired) electrons. The number of rotatable bonds is 2. The Hall–Kier alpha value is 0.258. The summed E-state index contributed by atoms with van der Waals surface area (Å²) >= 11 is 1.79. The van der Waals surface area contributed by atoms with Gasteiger partial charge >= 0.3 is 47.9 Å². The molecule has 0 aliphatic rings. The van der Waals surface area contributed by atoms with Crippen molar-refractivity contribution in [2.45, 2.75) is 0 Å². The van der Waals surface area contributed by atoms with E-state index in [0.717, 1.165) is 4.08 Å². The van der Waals surface area contributed by atoms with Crippen molar-refractivity contribution in [1.29, 1.82) is 0 Å². The van der Waals surface area contributed by atoms with Gasteiger partial charge in [0.05, 0.1) is 0 Å². The van der Waals surface area contributed by atoms with Crippen LogP contribution in [-0.4, -0.2) is 11.2 Å². The first-order valence-electron chi connectivity index (χ1n) is 1.51. The predicted octanol–water partition coefficient (Wildman–Crippen LogP) is 0.495. The maximum absolute atomic E-state index is 4.70. The summed E-state index contributed by atoms with van der Waals surface area (Å²) in [5, 5.41) is 0. The molecule has 0 saturated heterocycles. The van der Waals surface area contributed by atoms with E-state index in [4.69, 9.17) is 4.74 Å². The number of ether oxygens (including phenoxy) is 1. The first kappa shape index (κ1) is 6.26. The first-order chi connectivity index (χ1) is 2.81. The van der Waals surface area contributed by atoms with E-state index in [1.165, 1.54) is 0 Å². The Morgan fingerprint density at radius 2 is 2.50 bits per heavy atom. The van der Waals surface area contributed by atoms with E-state index in [0.29, 0.717) is 0 Å². The average molecular weight is 166 g/mol. The van der Waals surface area contributed by atoms with Gasteiger partial charge in [0.2, 0.25) is 0 Å². The zero-order valence-corrected chi connectivity index (χ0v) is 5.61. The molecule has 6 heavy (non-hydrogen) atoms. The zero-order chi connectivity index (χ0) is 4.99. The van der Waals surface area contributed by atoms with Gasteiger partial charge in [0.1, 0.15) is 0 Å². The molecule has 0 amide bonds. The summed E-state index contributed by atoms with van der Waals surface area (Å²) in [6, 6.07) is 0. The number of hydrogen-bond acceptors (Lipinski definition) is 1. The predicted molar refractivity (Wildman–Crippen MR) is 22.2 cm³/mol. The Balaban J connectivity index is 3.23. The molecule has 0 aromatic heterocycles. The van der Waals surface area contributed by atoms with E-state index in [-0.39, 0.29) is 0 Å². The molecule has 0 N–H and O–H groups in total. The van der Waals surface area contributed by atoms with Crippen LogP contribution in [0.15, 0.2) is 12.7 Å². The molecule has 0 bridgehead atoms. The molecule has 0 aromatic carbocycles. The van der Waals surface area contributed by atoms with Crippen LogP contribution in [0.4, 0.5) is 0 Å². The van der Waals surface area contributed by atoms with E-state index in [9.17, 15) is 0 Å². The van der Waals surface area contributed by atoms with Crippen LogP contribution >= 0.6 is 0 Å². The van der Waals surface area contributed by atoms with Crippen LogP contribution in [-0.2, 0) is 24.1 Å². The van der Waals surface area contributed by atoms with Gasteiger partial charge in [-0.3, -0.25) is 0 Å². The van der Waals surface area contributed by atoms with E-state index in [1.54, 1.807) is 32.5 Å². The minimum absolute atomic E-state index is 0.866. The van der Waals surface area contributed by atoms with Crippen molar-refractivity contribution >= 4 is 4.08 Å². The van der Waals surface area contributed by atoms with Crippen molar-refractivity contribution < 1.29 is 24.1 Å². The van der Waals surface area contributed by atoms with Crippen molar-refractivity contribution in [1.82, 2.24) is 0 Å². The summed E-state index contributed by atoms with van der Waals surface area (Å²) in [6.07, 6.45) is 1.67. The van der Waals surface area contributed by atoms with Gasteiger partial charge < -0.3 is 0 Å². The van der Waals surface area contributed by atoms with Crippen molar-refractivity contribution in [2.24, 2.45) is 0 Å². The van der Waals surface area contributed by atoms with Crippen LogP contribution in [0.25, 0.3) is 0 Å². The van der Waals surface area contributed by atoms with Gasteiger partial charge in [-0.1, -0.05) is 0 Å². The molecule has 34 valence electrons. The summed E-state index contributed by atoms with van der Waals surface area (Å²) in [5.74, 6) is 0. The van der Waals surface area contributed by atoms with Gasteiger partial charge in [-0.15, -0.1) is 0 Å². The molecule has 0 heterocycles. The fourth-order valence-corrected chi connectivity index (χ4v) is 0.0833. The molecule has 0 aliphatic heterocycles. The van der Waals surface area contributed by atoms with Gasteiger partial charge in [0.15, 0.2) is 0 Å². The molecule has 0 aliphatic carbocycles. The molecule has 0 saturated carbocycles. The Labute approximate surface area is 48.4 Å². The van der Waals surface area contributed by atoms with Crippen LogP contribution in [0.3, 0.4) is 0 Å². The van der Waals surface area contributed by atoms with Crippen molar-refractivity contribution in [3.05, 3.63) is 12.7 Å². The molecular weight excluding hydrogens is 160 g/mol. The summed E-state index contributed by atoms with van der Waals surface area (Å²) in [7, 11) is 1.62. The maximum atomic E-state index is 4.70. The molecule has 1 nitrogen and oxygen atoms in total. The summed E-state index contributed by atoms with van der Waals surface area (Å²) < 4.78 is 5.57. The first-order valence-corrected chi connectivity index (χ1v) is 2.52. The molecule has 0 rings (SSSR count). The van der Waals surface area contributed by atoms with Crippen molar-refractivity contribution in [2.75, 3.05) is 7.11 Å². The molecule has 0 fully saturated rings. The Morgan fingerprint density at radius 1 is 2.00 bits per heavy atom. The minimum atomic E-state index is 0.866. The summed E-state index contributed by atoms with van der Waals surface area (Å²) in [4.78, 5) is 0. The van der Waals surface area contributed by atoms with E-state index >= 15 is 0 Å². The number of hydrogen-bond donors (Lipinski definition) is 0. The van der Waals surface area contributed by atoms with E-state index < -0.39 is 0 Å². The molecule has 2 heteroatoms. The molecule has 0 spiro atoms. The standard InChI is InChI=1S/C4H6O.Mo/c1-3-4-5-2;/h3H,1H2,2H3;. The van der Waals surface area contributed by atoms with Crippen LogP contribution in [0.1, 0.15) is 0 Å². The fourth-order valence-electron chi connectivity index (χ4n) is 0.0833. The second-order valence-electron chi connectivity index (χ2n) is 0.727. The van der Waals surface area contributed by atoms with Crippen molar-refractivity contribution in [3.8, 4) is 0 Å². The summed E-state index contributed by atoms with van der Waals surface area (Å²) in [5.41, 5.74) is 0. The van der Waals surface area contributed by atoms with E-state index in [1.807, 2.05) is 0 Å². The second kappa shape index (κ2) is 3.45.